The molecular weight excluding hydrogens is 492 g/mol. The zero-order valence-corrected chi connectivity index (χ0v) is 22.7. The van der Waals surface area contributed by atoms with Crippen molar-refractivity contribution in [2.45, 2.75) is 52.9 Å². The number of nitrogens with one attached hydrogen (secondary N) is 2. The molecule has 0 aromatic heterocycles. The fourth-order valence-electron chi connectivity index (χ4n) is 4.88. The number of amides is 3. The van der Waals surface area contributed by atoms with Gasteiger partial charge in [-0.25, -0.2) is 5.43 Å². The van der Waals surface area contributed by atoms with Crippen molar-refractivity contribution in [3.05, 3.63) is 101 Å². The molecule has 0 saturated heterocycles. The molecule has 1 unspecified atom stereocenters. The quantitative estimate of drug-likeness (QED) is 0.251. The lowest BCUT2D eigenvalue weighted by Gasteiger charge is -2.27. The number of nitroso groups, excluding NO2 is 1. The number of nitrogens with zero attached hydrogens (tertiary/aromatic N) is 2. The molecule has 3 rings (SSSR count). The van der Waals surface area contributed by atoms with Crippen LogP contribution in [0.1, 0.15) is 52.0 Å². The van der Waals surface area contributed by atoms with Crippen LogP contribution in [0.25, 0.3) is 0 Å². The summed E-state index contributed by atoms with van der Waals surface area (Å²) in [5.41, 5.74) is 4.78. The summed E-state index contributed by atoms with van der Waals surface area (Å²) >= 11 is 0. The average Bonchev–Trinajstić information content (AvgIpc) is 3.14. The van der Waals surface area contributed by atoms with E-state index in [9.17, 15) is 19.3 Å². The van der Waals surface area contributed by atoms with Crippen LogP contribution in [0.4, 0.5) is 11.4 Å². The Bertz CT molecular complexity index is 1250. The van der Waals surface area contributed by atoms with Gasteiger partial charge in [0.25, 0.3) is 0 Å². The summed E-state index contributed by atoms with van der Waals surface area (Å²) in [5.74, 6) is -0.612. The highest BCUT2D eigenvalue weighted by Gasteiger charge is 2.26. The van der Waals surface area contributed by atoms with Gasteiger partial charge < -0.3 is 5.32 Å². The van der Waals surface area contributed by atoms with Gasteiger partial charge in [0.2, 0.25) is 17.7 Å². The minimum absolute atomic E-state index is 0.0115. The van der Waals surface area contributed by atoms with Crippen LogP contribution in [0, 0.1) is 16.2 Å². The second-order valence-electron chi connectivity index (χ2n) is 10.6. The fraction of sp³-hybridized carbons (Fsp3) is 0.323. The third kappa shape index (κ3) is 9.48. The smallest absolute Gasteiger partial charge is 0.242 e. The number of para-hydroxylation sites is 1. The van der Waals surface area contributed by atoms with Crippen molar-refractivity contribution in [1.29, 1.82) is 0 Å². The molecule has 2 aromatic rings. The predicted octanol–water partition coefficient (Wildman–Crippen LogP) is 6.23. The van der Waals surface area contributed by atoms with Gasteiger partial charge in [-0.05, 0) is 53.7 Å². The maximum Gasteiger partial charge on any atom is 0.242 e. The van der Waals surface area contributed by atoms with E-state index in [2.05, 4.69) is 10.6 Å². The molecule has 8 nitrogen and oxygen atoms in total. The molecule has 1 aliphatic rings. The molecule has 0 fully saturated rings. The lowest BCUT2D eigenvalue weighted by Crippen LogP contribution is -2.31. The maximum absolute atomic E-state index is 13.5. The van der Waals surface area contributed by atoms with Gasteiger partial charge in [-0.1, -0.05) is 75.4 Å². The van der Waals surface area contributed by atoms with Crippen molar-refractivity contribution in [1.82, 2.24) is 5.43 Å². The number of allylic oxidation sites excluding steroid dienone is 5. The van der Waals surface area contributed by atoms with Crippen LogP contribution in [-0.4, -0.2) is 17.7 Å². The summed E-state index contributed by atoms with van der Waals surface area (Å²) < 4.78 is 0. The van der Waals surface area contributed by atoms with Crippen LogP contribution in [0.3, 0.4) is 0 Å². The van der Waals surface area contributed by atoms with Crippen LogP contribution in [0.15, 0.2) is 96.0 Å². The molecule has 1 atom stereocenters. The first-order valence-electron chi connectivity index (χ1n) is 13.1. The molecule has 0 heterocycles. The molecule has 0 aliphatic heterocycles. The molecular formula is C31H36N4O4. The molecule has 39 heavy (non-hydrogen) atoms. The van der Waals surface area contributed by atoms with Gasteiger partial charge in [0, 0.05) is 36.3 Å². The topological polar surface area (TPSA) is 108 Å². The van der Waals surface area contributed by atoms with Crippen molar-refractivity contribution in [3.63, 3.8) is 0 Å². The number of anilines is 2. The van der Waals surface area contributed by atoms with Gasteiger partial charge in [-0.3, -0.25) is 19.3 Å². The number of benzene rings is 2. The third-order valence-corrected chi connectivity index (χ3v) is 6.36. The molecule has 8 heteroatoms. The van der Waals surface area contributed by atoms with Gasteiger partial charge in [0.05, 0.1) is 11.7 Å². The van der Waals surface area contributed by atoms with Gasteiger partial charge >= 0.3 is 0 Å². The Labute approximate surface area is 229 Å². The Morgan fingerprint density at radius 3 is 2.38 bits per heavy atom. The van der Waals surface area contributed by atoms with Crippen molar-refractivity contribution < 1.29 is 14.4 Å². The Morgan fingerprint density at radius 1 is 0.974 bits per heavy atom. The van der Waals surface area contributed by atoms with Crippen LogP contribution in [0.5, 0.6) is 0 Å². The highest BCUT2D eigenvalue weighted by Crippen LogP contribution is 2.31. The zero-order chi connectivity index (χ0) is 28.3. The van der Waals surface area contributed by atoms with Crippen LogP contribution < -0.4 is 15.6 Å². The minimum Gasteiger partial charge on any atom is -0.326 e. The number of hydrogen-bond donors (Lipinski definition) is 2. The van der Waals surface area contributed by atoms with E-state index in [1.165, 1.54) is 0 Å². The molecule has 3 amide bonds. The third-order valence-electron chi connectivity index (χ3n) is 6.36. The minimum atomic E-state index is -0.428. The summed E-state index contributed by atoms with van der Waals surface area (Å²) in [6.07, 6.45) is 11.8. The lowest BCUT2D eigenvalue weighted by atomic mass is 9.79. The van der Waals surface area contributed by atoms with Gasteiger partial charge in [0.15, 0.2) is 0 Å². The van der Waals surface area contributed by atoms with Crippen molar-refractivity contribution in [3.8, 4) is 0 Å². The zero-order valence-electron chi connectivity index (χ0n) is 22.7. The summed E-state index contributed by atoms with van der Waals surface area (Å²) in [6, 6.07) is 16.9. The van der Waals surface area contributed by atoms with E-state index in [1.54, 1.807) is 17.0 Å². The lowest BCUT2D eigenvalue weighted by molar-refractivity contribution is -0.122. The van der Waals surface area contributed by atoms with Gasteiger partial charge in [0.1, 0.15) is 0 Å². The Balaban J connectivity index is 1.60. The van der Waals surface area contributed by atoms with E-state index in [0.717, 1.165) is 16.9 Å². The Hall–Kier alpha value is -4.33. The predicted molar refractivity (Wildman–Crippen MR) is 154 cm³/mol. The maximum atomic E-state index is 13.5. The molecule has 0 bridgehead atoms. The van der Waals surface area contributed by atoms with Crippen molar-refractivity contribution >= 4 is 29.1 Å². The van der Waals surface area contributed by atoms with E-state index in [1.807, 2.05) is 99.0 Å². The van der Waals surface area contributed by atoms with Crippen LogP contribution in [0.2, 0.25) is 0 Å². The Kier molecular flexibility index (Phi) is 10.5. The SMILES string of the molecule is CC(CC(=O)NN=O)CC(C)(C)CC(=O)Nc1ccc(CC(=O)N(C2=CC=CC=CC2)c2ccccc2)cc1. The van der Waals surface area contributed by atoms with E-state index in [0.29, 0.717) is 18.5 Å². The monoisotopic (exact) mass is 528 g/mol. The largest absolute Gasteiger partial charge is 0.326 e. The first-order valence-corrected chi connectivity index (χ1v) is 13.1. The number of hydrogen-bond acceptors (Lipinski definition) is 5. The van der Waals surface area contributed by atoms with Gasteiger partial charge in [-0.2, -0.15) is 0 Å². The molecule has 0 radical (unpaired) electrons. The summed E-state index contributed by atoms with van der Waals surface area (Å²) in [7, 11) is 0. The molecule has 204 valence electrons. The summed E-state index contributed by atoms with van der Waals surface area (Å²) in [4.78, 5) is 49.7. The molecule has 2 N–H and O–H groups in total. The second kappa shape index (κ2) is 14.0. The summed E-state index contributed by atoms with van der Waals surface area (Å²) in [5, 5.41) is 5.33. The standard InChI is InChI=1S/C31H36N4O4/c1-23(19-28(36)33-34-39)21-31(2,3)22-29(37)32-25-17-15-24(16-18-25)20-30(38)35(27-13-9-6-10-14-27)26-11-7-4-5-8-12-26/h4-11,13-18,23H,12,19-22H2,1-3H3,(H,32,37)(H,33,36,39). The van der Waals surface area contributed by atoms with E-state index >= 15 is 0 Å². The van der Waals surface area contributed by atoms with Crippen molar-refractivity contribution in [2.24, 2.45) is 16.6 Å². The van der Waals surface area contributed by atoms with Crippen LogP contribution in [-0.2, 0) is 20.8 Å². The first-order chi connectivity index (χ1) is 18.7. The highest BCUT2D eigenvalue weighted by molar-refractivity contribution is 5.98. The molecule has 2 aromatic carbocycles. The second-order valence-corrected chi connectivity index (χ2v) is 10.6. The number of rotatable bonds is 12. The van der Waals surface area contributed by atoms with Crippen molar-refractivity contribution in [2.75, 3.05) is 10.2 Å². The van der Waals surface area contributed by atoms with Gasteiger partial charge in [-0.15, -0.1) is 4.91 Å². The fourth-order valence-corrected chi connectivity index (χ4v) is 4.88. The Morgan fingerprint density at radius 2 is 1.69 bits per heavy atom. The highest BCUT2D eigenvalue weighted by atomic mass is 16.3. The molecule has 0 spiro atoms. The van der Waals surface area contributed by atoms with E-state index in [4.69, 9.17) is 0 Å². The number of carbonyl (C=O) groups excluding carboxylic acids is 3. The van der Waals surface area contributed by atoms with E-state index < -0.39 is 5.91 Å². The van der Waals surface area contributed by atoms with E-state index in [-0.39, 0.29) is 42.4 Å². The molecule has 0 saturated carbocycles. The number of carbonyl (C=O) groups is 3. The first kappa shape index (κ1) is 29.2. The van der Waals surface area contributed by atoms with Crippen LogP contribution >= 0.6 is 0 Å². The molecule has 1 aliphatic carbocycles. The summed E-state index contributed by atoms with van der Waals surface area (Å²) in [6.45, 7) is 5.85. The average molecular weight is 529 g/mol. The normalized spacial score (nSPS) is 13.6.